The van der Waals surface area contributed by atoms with Crippen LogP contribution in [0.3, 0.4) is 0 Å². The zero-order valence-electron chi connectivity index (χ0n) is 18.6. The molecule has 2 aliphatic rings. The first kappa shape index (κ1) is 21.2. The maximum absolute atomic E-state index is 10.1. The van der Waals surface area contributed by atoms with Crippen molar-refractivity contribution in [2.75, 3.05) is 13.2 Å². The molecule has 2 aromatic rings. The molecule has 4 rings (SSSR count). The molecule has 1 unspecified atom stereocenters. The van der Waals surface area contributed by atoms with Crippen molar-refractivity contribution in [3.63, 3.8) is 0 Å². The minimum Gasteiger partial charge on any atom is -0.543 e. The average Bonchev–Trinajstić information content (AvgIpc) is 3.34. The molecule has 0 bridgehead atoms. The SMILES string of the molecule is CC(C)(C)[Si](C)(C)Oc1ccc2c(c1)CC2(C#N)CCC1(c2ccoc2)OCCO1. The van der Waals surface area contributed by atoms with Crippen molar-refractivity contribution < 1.29 is 18.3 Å². The molecular weight excluding hydrogens is 394 g/mol. The lowest BCUT2D eigenvalue weighted by molar-refractivity contribution is -0.173. The summed E-state index contributed by atoms with van der Waals surface area (Å²) >= 11 is 0. The monoisotopic (exact) mass is 425 g/mol. The van der Waals surface area contributed by atoms with Gasteiger partial charge in [0.1, 0.15) is 5.75 Å². The van der Waals surface area contributed by atoms with Gasteiger partial charge in [0.25, 0.3) is 0 Å². The van der Waals surface area contributed by atoms with Gasteiger partial charge in [-0.25, -0.2) is 0 Å². The Morgan fingerprint density at radius 1 is 1.13 bits per heavy atom. The molecule has 6 heteroatoms. The van der Waals surface area contributed by atoms with Crippen molar-refractivity contribution in [2.45, 2.75) is 69.4 Å². The topological polar surface area (TPSA) is 64.6 Å². The van der Waals surface area contributed by atoms with Crippen molar-refractivity contribution in [1.29, 1.82) is 5.26 Å². The lowest BCUT2D eigenvalue weighted by Gasteiger charge is -2.41. The van der Waals surface area contributed by atoms with Crippen molar-refractivity contribution in [2.24, 2.45) is 0 Å². The van der Waals surface area contributed by atoms with E-state index in [1.165, 1.54) is 5.56 Å². The molecule has 30 heavy (non-hydrogen) atoms. The van der Waals surface area contributed by atoms with Crippen LogP contribution in [0.1, 0.15) is 50.3 Å². The van der Waals surface area contributed by atoms with Gasteiger partial charge in [-0.05, 0) is 60.3 Å². The first-order chi connectivity index (χ1) is 14.1. The minimum atomic E-state index is -1.89. The number of hydrogen-bond acceptors (Lipinski definition) is 5. The fraction of sp³-hybridized carbons (Fsp3) is 0.542. The number of nitrogens with zero attached hydrogens (tertiary/aromatic N) is 1. The molecule has 2 heterocycles. The van der Waals surface area contributed by atoms with Gasteiger partial charge in [-0.1, -0.05) is 26.8 Å². The second kappa shape index (κ2) is 7.26. The zero-order valence-corrected chi connectivity index (χ0v) is 19.6. The quantitative estimate of drug-likeness (QED) is 0.559. The number of hydrogen-bond donors (Lipinski definition) is 0. The van der Waals surface area contributed by atoms with E-state index in [4.69, 9.17) is 18.3 Å². The molecule has 1 saturated heterocycles. The van der Waals surface area contributed by atoms with E-state index in [9.17, 15) is 5.26 Å². The maximum Gasteiger partial charge on any atom is 0.250 e. The van der Waals surface area contributed by atoms with Gasteiger partial charge in [-0.2, -0.15) is 5.26 Å². The summed E-state index contributed by atoms with van der Waals surface area (Å²) in [7, 11) is -1.89. The number of furan rings is 1. The lowest BCUT2D eigenvalue weighted by atomic mass is 9.62. The molecule has 1 fully saturated rings. The number of nitriles is 1. The predicted octanol–water partition coefficient (Wildman–Crippen LogP) is 5.66. The van der Waals surface area contributed by atoms with Gasteiger partial charge in [-0.3, -0.25) is 0 Å². The molecule has 160 valence electrons. The van der Waals surface area contributed by atoms with Crippen molar-refractivity contribution in [1.82, 2.24) is 0 Å². The second-order valence-electron chi connectivity index (χ2n) is 10.0. The molecule has 0 amide bonds. The standard InChI is InChI=1S/C24H31NO4Si/c1-22(2,3)30(4,5)29-20-6-7-21-18(14-20)15-23(21,17-25)9-10-24(27-12-13-28-24)19-8-11-26-16-19/h6-8,11,14,16H,9-10,12-13,15H2,1-5H3. The van der Waals surface area contributed by atoms with Gasteiger partial charge in [0.05, 0.1) is 37.2 Å². The van der Waals surface area contributed by atoms with Crippen LogP contribution in [0.5, 0.6) is 5.75 Å². The van der Waals surface area contributed by atoms with Crippen LogP contribution in [0.2, 0.25) is 18.1 Å². The molecule has 1 aromatic carbocycles. The first-order valence-corrected chi connectivity index (χ1v) is 13.6. The van der Waals surface area contributed by atoms with Crippen LogP contribution in [-0.4, -0.2) is 21.5 Å². The third-order valence-electron chi connectivity index (χ3n) is 7.07. The first-order valence-electron chi connectivity index (χ1n) is 10.7. The summed E-state index contributed by atoms with van der Waals surface area (Å²) in [5.41, 5.74) is 2.69. The molecule has 1 aliphatic heterocycles. The Kier molecular flexibility index (Phi) is 5.12. The van der Waals surface area contributed by atoms with Crippen molar-refractivity contribution in [3.8, 4) is 11.8 Å². The molecule has 1 atom stereocenters. The molecule has 1 aromatic heterocycles. The third-order valence-corrected chi connectivity index (χ3v) is 11.4. The van der Waals surface area contributed by atoms with Gasteiger partial charge < -0.3 is 18.3 Å². The Morgan fingerprint density at radius 3 is 2.43 bits per heavy atom. The van der Waals surface area contributed by atoms with Crippen LogP contribution in [0.4, 0.5) is 0 Å². The number of fused-ring (bicyclic) bond motifs is 1. The molecule has 1 aliphatic carbocycles. The summed E-state index contributed by atoms with van der Waals surface area (Å²) in [6.07, 6.45) is 5.31. The van der Waals surface area contributed by atoms with E-state index < -0.39 is 19.5 Å². The summed E-state index contributed by atoms with van der Waals surface area (Å²) in [4.78, 5) is 0. The highest BCUT2D eigenvalue weighted by Gasteiger charge is 2.48. The third kappa shape index (κ3) is 3.49. The van der Waals surface area contributed by atoms with Gasteiger partial charge in [0.15, 0.2) is 5.79 Å². The van der Waals surface area contributed by atoms with Crippen LogP contribution < -0.4 is 4.43 Å². The van der Waals surface area contributed by atoms with E-state index in [1.807, 2.05) is 12.1 Å². The van der Waals surface area contributed by atoms with E-state index in [1.54, 1.807) is 12.5 Å². The van der Waals surface area contributed by atoms with Gasteiger partial charge in [-0.15, -0.1) is 0 Å². The number of rotatable bonds is 6. The Morgan fingerprint density at radius 2 is 1.87 bits per heavy atom. The summed E-state index contributed by atoms with van der Waals surface area (Å²) in [6.45, 7) is 12.3. The second-order valence-corrected chi connectivity index (χ2v) is 14.7. The van der Waals surface area contributed by atoms with Gasteiger partial charge in [0.2, 0.25) is 8.32 Å². The highest BCUT2D eigenvalue weighted by atomic mass is 28.4. The molecule has 0 N–H and O–H groups in total. The molecule has 5 nitrogen and oxygen atoms in total. The van der Waals surface area contributed by atoms with Crippen molar-refractivity contribution in [3.05, 3.63) is 53.5 Å². The highest BCUT2D eigenvalue weighted by Crippen LogP contribution is 2.49. The van der Waals surface area contributed by atoms with E-state index >= 15 is 0 Å². The van der Waals surface area contributed by atoms with E-state index in [2.05, 4.69) is 52.1 Å². The van der Waals surface area contributed by atoms with Crippen LogP contribution in [0.15, 0.2) is 41.2 Å². The molecular formula is C24H31NO4Si. The molecule has 0 radical (unpaired) electrons. The Bertz CT molecular complexity index is 949. The van der Waals surface area contributed by atoms with Crippen LogP contribution in [-0.2, 0) is 27.1 Å². The zero-order chi connectivity index (χ0) is 21.6. The molecule has 0 saturated carbocycles. The predicted molar refractivity (Wildman–Crippen MR) is 117 cm³/mol. The number of ether oxygens (including phenoxy) is 2. The largest absolute Gasteiger partial charge is 0.543 e. The summed E-state index contributed by atoms with van der Waals surface area (Å²) in [6, 6.07) is 10.7. The molecule has 0 spiro atoms. The normalized spacial score (nSPS) is 22.8. The highest BCUT2D eigenvalue weighted by molar-refractivity contribution is 6.74. The minimum absolute atomic E-state index is 0.148. The van der Waals surface area contributed by atoms with Crippen LogP contribution in [0, 0.1) is 11.3 Å². The fourth-order valence-electron chi connectivity index (χ4n) is 4.16. The average molecular weight is 426 g/mol. The summed E-state index contributed by atoms with van der Waals surface area (Å²) < 4.78 is 23.7. The Balaban J connectivity index is 1.51. The van der Waals surface area contributed by atoms with E-state index in [0.717, 1.165) is 23.3 Å². The summed E-state index contributed by atoms with van der Waals surface area (Å²) in [5.74, 6) is 0.113. The smallest absolute Gasteiger partial charge is 0.250 e. The Labute approximate surface area is 180 Å². The fourth-order valence-corrected chi connectivity index (χ4v) is 5.18. The van der Waals surface area contributed by atoms with E-state index in [0.29, 0.717) is 26.1 Å². The lowest BCUT2D eigenvalue weighted by Crippen LogP contribution is -2.44. The van der Waals surface area contributed by atoms with Crippen molar-refractivity contribution >= 4 is 8.32 Å². The van der Waals surface area contributed by atoms with Gasteiger partial charge >= 0.3 is 0 Å². The summed E-state index contributed by atoms with van der Waals surface area (Å²) in [5, 5.41) is 10.2. The maximum atomic E-state index is 10.1. The van der Waals surface area contributed by atoms with E-state index in [-0.39, 0.29) is 5.04 Å². The van der Waals surface area contributed by atoms with Crippen LogP contribution in [0.25, 0.3) is 0 Å². The van der Waals surface area contributed by atoms with Crippen LogP contribution >= 0.6 is 0 Å². The number of benzene rings is 1. The van der Waals surface area contributed by atoms with Gasteiger partial charge in [0, 0.05) is 12.0 Å². The Hall–Kier alpha value is -2.07.